The van der Waals surface area contributed by atoms with Gasteiger partial charge in [-0.3, -0.25) is 33.6 Å². The average molecular weight is 866 g/mol. The quantitative estimate of drug-likeness (QED) is 0.104. The number of likely N-dealkylation sites (tertiary alicyclic amines) is 1. The van der Waals surface area contributed by atoms with Gasteiger partial charge in [0.25, 0.3) is 0 Å². The van der Waals surface area contributed by atoms with Gasteiger partial charge in [0.1, 0.15) is 36.5 Å². The van der Waals surface area contributed by atoms with Gasteiger partial charge in [0.15, 0.2) is 0 Å². The summed E-state index contributed by atoms with van der Waals surface area (Å²) in [6.45, 7) is 2.30. The van der Waals surface area contributed by atoms with Gasteiger partial charge in [-0.1, -0.05) is 50.6 Å². The van der Waals surface area contributed by atoms with Crippen LogP contribution < -0.4 is 42.8 Å². The molecule has 1 saturated heterocycles. The molecule has 0 spiro atoms. The Morgan fingerprint density at radius 3 is 2.36 bits per heavy atom. The smallest absolute Gasteiger partial charge is 0.326 e. The number of aromatic nitrogens is 1. The molecule has 5 rings (SSSR count). The lowest BCUT2D eigenvalue weighted by molar-refractivity contribution is -0.149. The summed E-state index contributed by atoms with van der Waals surface area (Å²) in [6.07, 6.45) is -1.78. The lowest BCUT2D eigenvalue weighted by atomic mass is 9.98. The summed E-state index contributed by atoms with van der Waals surface area (Å²) in [5.74, 6) is -7.34. The maximum absolute atomic E-state index is 14.1. The number of primary amides is 1. The average Bonchev–Trinajstić information content (AvgIpc) is 3.80. The Bertz CT molecular complexity index is 2130. The van der Waals surface area contributed by atoms with E-state index in [2.05, 4.69) is 31.6 Å². The molecular formula is C40H51N9O11S. The van der Waals surface area contributed by atoms with Crippen molar-refractivity contribution in [3.05, 3.63) is 59.7 Å². The van der Waals surface area contributed by atoms with Gasteiger partial charge < -0.3 is 62.9 Å². The molecule has 7 atom stereocenters. The number of ether oxygens (including phenoxy) is 1. The number of nitrogens with one attached hydrogen (secondary N) is 6. The first-order valence-electron chi connectivity index (χ1n) is 19.7. The summed E-state index contributed by atoms with van der Waals surface area (Å²) in [5, 5.41) is 33.5. The molecule has 20 nitrogen and oxygen atoms in total. The highest BCUT2D eigenvalue weighted by Crippen LogP contribution is 2.33. The van der Waals surface area contributed by atoms with Gasteiger partial charge in [0, 0.05) is 30.2 Å². The number of carboxylic acids is 1. The number of aliphatic hydroxyl groups is 1. The Kier molecular flexibility index (Phi) is 15.7. The van der Waals surface area contributed by atoms with Gasteiger partial charge in [0.05, 0.1) is 42.2 Å². The number of benzene rings is 2. The summed E-state index contributed by atoms with van der Waals surface area (Å²) in [4.78, 5) is 109. The van der Waals surface area contributed by atoms with E-state index in [0.717, 1.165) is 22.2 Å². The number of hydrogen-bond acceptors (Lipinski definition) is 12. The molecular weight excluding hydrogens is 815 g/mol. The zero-order valence-corrected chi connectivity index (χ0v) is 34.4. The van der Waals surface area contributed by atoms with Crippen molar-refractivity contribution in [1.82, 2.24) is 36.5 Å². The normalized spacial score (nSPS) is 22.9. The summed E-state index contributed by atoms with van der Waals surface area (Å²) < 4.78 is 6.02. The van der Waals surface area contributed by atoms with Crippen LogP contribution in [0.25, 0.3) is 10.9 Å². The van der Waals surface area contributed by atoms with Crippen LogP contribution in [0.1, 0.15) is 44.2 Å². The topological polar surface area (TPSA) is 317 Å². The number of hydrogen-bond donors (Lipinski definition) is 10. The zero-order chi connectivity index (χ0) is 44.4. The van der Waals surface area contributed by atoms with Crippen molar-refractivity contribution < 1.29 is 53.3 Å². The van der Waals surface area contributed by atoms with Gasteiger partial charge in [-0.05, 0) is 35.6 Å². The SMILES string of the molecule is CC[C@H](C)[C@@H]1NC(=O)CNC(=O)[C@@H](N)Cc2c([nH]c3cc(OCc4ccccc4)ccc23)SC[C@@H](C(=O)N[C@@H](CC(N)=O)C(=O)N2C[C@H](O)CC2C(=O)O)NC(=O)CNC1=O. The second-order valence-electron chi connectivity index (χ2n) is 15.0. The Balaban J connectivity index is 1.48. The zero-order valence-electron chi connectivity index (χ0n) is 33.6. The summed E-state index contributed by atoms with van der Waals surface area (Å²) in [5.41, 5.74) is 13.9. The Labute approximate surface area is 354 Å². The van der Waals surface area contributed by atoms with E-state index in [9.17, 15) is 48.6 Å². The van der Waals surface area contributed by atoms with Crippen LogP contribution in [-0.2, 0) is 51.4 Å². The summed E-state index contributed by atoms with van der Waals surface area (Å²) in [6, 6.07) is 7.91. The summed E-state index contributed by atoms with van der Waals surface area (Å²) >= 11 is 1.05. The number of carbonyl (C=O) groups excluding carboxylic acids is 7. The van der Waals surface area contributed by atoms with Crippen molar-refractivity contribution in [1.29, 1.82) is 0 Å². The minimum absolute atomic E-state index is 0.0528. The fourth-order valence-electron chi connectivity index (χ4n) is 6.94. The van der Waals surface area contributed by atoms with Gasteiger partial charge in [-0.15, -0.1) is 11.8 Å². The number of aliphatic carboxylic acids is 1. The molecule has 0 aliphatic carbocycles. The predicted octanol–water partition coefficient (Wildman–Crippen LogP) is -1.62. The van der Waals surface area contributed by atoms with Crippen molar-refractivity contribution >= 4 is 70.0 Å². The van der Waals surface area contributed by atoms with Gasteiger partial charge in [0.2, 0.25) is 41.4 Å². The minimum Gasteiger partial charge on any atom is -0.489 e. The molecule has 0 radical (unpaired) electrons. The van der Waals surface area contributed by atoms with Crippen LogP contribution in [0.5, 0.6) is 5.75 Å². The van der Waals surface area contributed by atoms with Crippen LogP contribution in [0, 0.1) is 5.92 Å². The molecule has 2 aliphatic heterocycles. The largest absolute Gasteiger partial charge is 0.489 e. The highest BCUT2D eigenvalue weighted by atomic mass is 32.2. The standard InChI is InChI=1S/C40H51N9O11S/c1-3-20(2)34-37(56)44-15-32(52)45-29(36(55)46-28(14-31(42)51)39(57)49-17-22(50)11-30(49)40(58)59)19-61-38-25(13-26(41)35(54)43-16-33(53)48-34)24-10-9-23(12-27(24)47-38)60-18-21-7-5-4-6-8-21/h4-10,12,20,22,26,28-30,34,47,50H,3,11,13-19,41H2,1-2H3,(H2,42,51)(H,43,54)(H,44,56)(H,45,52)(H,46,55)(H,48,53)(H,58,59)/t20-,22+,26-,28-,29-,30?,34-/m0/s1. The van der Waals surface area contributed by atoms with E-state index >= 15 is 0 Å². The molecule has 3 aromatic rings. The highest BCUT2D eigenvalue weighted by Gasteiger charge is 2.42. The van der Waals surface area contributed by atoms with Gasteiger partial charge >= 0.3 is 5.97 Å². The molecule has 1 aromatic heterocycles. The molecule has 2 aliphatic rings. The second kappa shape index (κ2) is 20.9. The van der Waals surface area contributed by atoms with Crippen LogP contribution in [-0.4, -0.2) is 129 Å². The molecule has 2 aromatic carbocycles. The lowest BCUT2D eigenvalue weighted by Gasteiger charge is -2.28. The molecule has 12 N–H and O–H groups in total. The van der Waals surface area contributed by atoms with Crippen LogP contribution in [0.3, 0.4) is 0 Å². The van der Waals surface area contributed by atoms with Crippen molar-refractivity contribution in [2.45, 2.75) is 87.5 Å². The van der Waals surface area contributed by atoms with Crippen molar-refractivity contribution in [2.75, 3.05) is 25.4 Å². The Hall–Kier alpha value is -6.19. The lowest BCUT2D eigenvalue weighted by Crippen LogP contribution is -2.58. The first-order valence-corrected chi connectivity index (χ1v) is 20.7. The van der Waals surface area contributed by atoms with E-state index in [1.165, 1.54) is 0 Å². The second-order valence-corrected chi connectivity index (χ2v) is 16.0. The first-order chi connectivity index (χ1) is 29.0. The van der Waals surface area contributed by atoms with Crippen LogP contribution in [0.2, 0.25) is 0 Å². The minimum atomic E-state index is -1.68. The van der Waals surface area contributed by atoms with Crippen LogP contribution in [0.15, 0.2) is 53.6 Å². The Morgan fingerprint density at radius 2 is 1.69 bits per heavy atom. The number of β-amino-alcohol motifs (C(OH)–C–C–N with tert-alkyl or cyclic N) is 1. The molecule has 328 valence electrons. The highest BCUT2D eigenvalue weighted by molar-refractivity contribution is 7.99. The van der Waals surface area contributed by atoms with E-state index < -0.39 is 109 Å². The third-order valence-corrected chi connectivity index (χ3v) is 11.6. The number of aromatic amines is 1. The number of H-pyrrole nitrogens is 1. The van der Waals surface area contributed by atoms with E-state index in [0.29, 0.717) is 33.7 Å². The number of nitrogens with zero attached hydrogens (tertiary/aromatic N) is 1. The molecule has 0 saturated carbocycles. The van der Waals surface area contributed by atoms with Crippen molar-refractivity contribution in [3.63, 3.8) is 0 Å². The van der Waals surface area contributed by atoms with E-state index in [-0.39, 0.29) is 31.7 Å². The molecule has 61 heavy (non-hydrogen) atoms. The molecule has 3 heterocycles. The number of carbonyl (C=O) groups is 8. The van der Waals surface area contributed by atoms with E-state index in [1.807, 2.05) is 30.3 Å². The molecule has 1 unspecified atom stereocenters. The molecule has 7 amide bonds. The number of fused-ring (bicyclic) bond motifs is 3. The number of nitrogens with two attached hydrogens (primary N) is 2. The summed E-state index contributed by atoms with van der Waals surface area (Å²) in [7, 11) is 0. The number of aliphatic hydroxyl groups excluding tert-OH is 1. The fraction of sp³-hybridized carbons (Fsp3) is 0.450. The van der Waals surface area contributed by atoms with Crippen molar-refractivity contribution in [2.24, 2.45) is 17.4 Å². The molecule has 0 bridgehead atoms. The number of amides is 7. The molecule has 21 heteroatoms. The van der Waals surface area contributed by atoms with Crippen LogP contribution in [0.4, 0.5) is 0 Å². The molecule has 1 fully saturated rings. The number of rotatable bonds is 11. The maximum Gasteiger partial charge on any atom is 0.326 e. The van der Waals surface area contributed by atoms with Crippen LogP contribution >= 0.6 is 11.8 Å². The van der Waals surface area contributed by atoms with E-state index in [4.69, 9.17) is 16.2 Å². The maximum atomic E-state index is 14.1. The van der Waals surface area contributed by atoms with Gasteiger partial charge in [-0.2, -0.15) is 0 Å². The van der Waals surface area contributed by atoms with Gasteiger partial charge in [-0.25, -0.2) is 4.79 Å². The third-order valence-electron chi connectivity index (χ3n) is 10.4. The van der Waals surface area contributed by atoms with Crippen molar-refractivity contribution in [3.8, 4) is 5.75 Å². The monoisotopic (exact) mass is 865 g/mol. The van der Waals surface area contributed by atoms with E-state index in [1.54, 1.807) is 32.0 Å². The first kappa shape index (κ1) is 45.9. The predicted molar refractivity (Wildman–Crippen MR) is 220 cm³/mol. The Morgan fingerprint density at radius 1 is 1.00 bits per heavy atom. The number of thioether (sulfide) groups is 1. The third kappa shape index (κ3) is 12.2. The number of carboxylic acid groups (broad SMARTS) is 1. The fourth-order valence-corrected chi connectivity index (χ4v) is 8.06.